The van der Waals surface area contributed by atoms with Crippen molar-refractivity contribution in [3.63, 3.8) is 0 Å². The number of benzene rings is 2. The number of amides is 1. The minimum absolute atomic E-state index is 0.0213. The van der Waals surface area contributed by atoms with Crippen LogP contribution in [0.3, 0.4) is 0 Å². The second-order valence-corrected chi connectivity index (χ2v) is 6.07. The topological polar surface area (TPSA) is 44.9 Å². The van der Waals surface area contributed by atoms with Gasteiger partial charge in [0.15, 0.2) is 0 Å². The predicted molar refractivity (Wildman–Crippen MR) is 92.2 cm³/mol. The molecule has 2 N–H and O–H groups in total. The van der Waals surface area contributed by atoms with E-state index in [2.05, 4.69) is 16.4 Å². The Balaban J connectivity index is 1.86. The third-order valence-electron chi connectivity index (χ3n) is 3.57. The highest BCUT2D eigenvalue weighted by Crippen LogP contribution is 2.27. The molecule has 0 saturated heterocycles. The van der Waals surface area contributed by atoms with Gasteiger partial charge in [0.2, 0.25) is 5.91 Å². The van der Waals surface area contributed by atoms with Crippen LogP contribution in [0.25, 0.3) is 22.2 Å². The molecule has 3 aromatic rings. The molecule has 3 rings (SSSR count). The first-order valence-corrected chi connectivity index (χ1v) is 7.60. The molecule has 0 bridgehead atoms. The van der Waals surface area contributed by atoms with E-state index in [0.717, 1.165) is 32.9 Å². The summed E-state index contributed by atoms with van der Waals surface area (Å²) in [5.41, 5.74) is 3.95. The Kier molecular flexibility index (Phi) is 3.90. The highest BCUT2D eigenvalue weighted by molar-refractivity contribution is 6.31. The van der Waals surface area contributed by atoms with Crippen LogP contribution >= 0.6 is 11.6 Å². The van der Waals surface area contributed by atoms with Gasteiger partial charge in [0.1, 0.15) is 0 Å². The van der Waals surface area contributed by atoms with E-state index in [1.807, 2.05) is 56.3 Å². The van der Waals surface area contributed by atoms with Crippen LogP contribution in [0, 0.1) is 5.92 Å². The number of anilines is 1. The van der Waals surface area contributed by atoms with E-state index < -0.39 is 0 Å². The molecule has 1 amide bonds. The third kappa shape index (κ3) is 3.00. The average Bonchev–Trinajstić information content (AvgIpc) is 2.90. The summed E-state index contributed by atoms with van der Waals surface area (Å²) in [5.74, 6) is -0.00821. The number of fused-ring (bicyclic) bond motifs is 1. The van der Waals surface area contributed by atoms with Gasteiger partial charge >= 0.3 is 0 Å². The zero-order chi connectivity index (χ0) is 15.7. The van der Waals surface area contributed by atoms with Gasteiger partial charge in [0.05, 0.1) is 0 Å². The van der Waals surface area contributed by atoms with E-state index in [1.165, 1.54) is 0 Å². The van der Waals surface area contributed by atoms with Gasteiger partial charge in [0, 0.05) is 33.2 Å². The zero-order valence-corrected chi connectivity index (χ0v) is 13.2. The summed E-state index contributed by atoms with van der Waals surface area (Å²) in [7, 11) is 0. The molecule has 0 aliphatic rings. The van der Waals surface area contributed by atoms with Gasteiger partial charge in [0.25, 0.3) is 0 Å². The molecule has 0 aliphatic heterocycles. The summed E-state index contributed by atoms with van der Waals surface area (Å²) < 4.78 is 0. The van der Waals surface area contributed by atoms with E-state index in [4.69, 9.17) is 11.6 Å². The van der Waals surface area contributed by atoms with Gasteiger partial charge in [-0.3, -0.25) is 4.79 Å². The molecule has 112 valence electrons. The lowest BCUT2D eigenvalue weighted by Crippen LogP contribution is -2.17. The van der Waals surface area contributed by atoms with Crippen molar-refractivity contribution in [2.45, 2.75) is 13.8 Å². The molecule has 3 nitrogen and oxygen atoms in total. The summed E-state index contributed by atoms with van der Waals surface area (Å²) in [6.45, 7) is 3.75. The first kappa shape index (κ1) is 14.7. The quantitative estimate of drug-likeness (QED) is 0.695. The van der Waals surface area contributed by atoms with Gasteiger partial charge in [-0.15, -0.1) is 0 Å². The zero-order valence-electron chi connectivity index (χ0n) is 12.5. The molecule has 0 fully saturated rings. The largest absolute Gasteiger partial charge is 0.355 e. The molecular formula is C18H17ClN2O. The Morgan fingerprint density at radius 1 is 1.09 bits per heavy atom. The van der Waals surface area contributed by atoms with Gasteiger partial charge < -0.3 is 10.3 Å². The Morgan fingerprint density at radius 2 is 1.82 bits per heavy atom. The summed E-state index contributed by atoms with van der Waals surface area (Å²) in [6.07, 6.45) is 0. The molecular weight excluding hydrogens is 296 g/mol. The maximum atomic E-state index is 11.7. The fraction of sp³-hybridized carbons (Fsp3) is 0.167. The van der Waals surface area contributed by atoms with Crippen molar-refractivity contribution in [2.75, 3.05) is 5.32 Å². The van der Waals surface area contributed by atoms with E-state index >= 15 is 0 Å². The molecule has 1 aromatic heterocycles. The monoisotopic (exact) mass is 312 g/mol. The fourth-order valence-corrected chi connectivity index (χ4v) is 2.46. The number of aromatic nitrogens is 1. The number of H-pyrrole nitrogens is 1. The van der Waals surface area contributed by atoms with Crippen molar-refractivity contribution in [1.29, 1.82) is 0 Å². The van der Waals surface area contributed by atoms with Crippen LogP contribution in [0.4, 0.5) is 5.69 Å². The van der Waals surface area contributed by atoms with Crippen LogP contribution < -0.4 is 5.32 Å². The highest BCUT2D eigenvalue weighted by atomic mass is 35.5. The Hall–Kier alpha value is -2.26. The van der Waals surface area contributed by atoms with Crippen molar-refractivity contribution in [2.24, 2.45) is 5.92 Å². The number of rotatable bonds is 3. The first-order valence-electron chi connectivity index (χ1n) is 7.22. The van der Waals surface area contributed by atoms with Crippen LogP contribution in [-0.2, 0) is 4.79 Å². The summed E-state index contributed by atoms with van der Waals surface area (Å²) in [4.78, 5) is 15.1. The second-order valence-electron chi connectivity index (χ2n) is 5.64. The molecule has 0 unspecified atom stereocenters. The lowest BCUT2D eigenvalue weighted by atomic mass is 10.1. The minimum atomic E-state index is -0.0295. The van der Waals surface area contributed by atoms with Crippen molar-refractivity contribution >= 4 is 34.1 Å². The van der Waals surface area contributed by atoms with E-state index in [9.17, 15) is 4.79 Å². The summed E-state index contributed by atoms with van der Waals surface area (Å²) in [5, 5.41) is 4.70. The van der Waals surface area contributed by atoms with Crippen LogP contribution in [0.15, 0.2) is 48.5 Å². The number of carbonyl (C=O) groups is 1. The van der Waals surface area contributed by atoms with Gasteiger partial charge in [-0.2, -0.15) is 0 Å². The van der Waals surface area contributed by atoms with Crippen LogP contribution in [-0.4, -0.2) is 10.9 Å². The molecule has 1 heterocycles. The lowest BCUT2D eigenvalue weighted by molar-refractivity contribution is -0.118. The van der Waals surface area contributed by atoms with Gasteiger partial charge in [-0.25, -0.2) is 0 Å². The summed E-state index contributed by atoms with van der Waals surface area (Å²) >= 11 is 6.01. The molecule has 0 atom stereocenters. The van der Waals surface area contributed by atoms with E-state index in [0.29, 0.717) is 0 Å². The van der Waals surface area contributed by atoms with Gasteiger partial charge in [-0.05, 0) is 42.0 Å². The Labute approximate surface area is 134 Å². The van der Waals surface area contributed by atoms with Crippen LogP contribution in [0.5, 0.6) is 0 Å². The van der Waals surface area contributed by atoms with Crippen molar-refractivity contribution in [3.8, 4) is 11.3 Å². The number of nitrogens with one attached hydrogen (secondary N) is 2. The first-order chi connectivity index (χ1) is 10.5. The Morgan fingerprint density at radius 3 is 2.50 bits per heavy atom. The predicted octanol–water partition coefficient (Wildman–Crippen LogP) is 5.08. The van der Waals surface area contributed by atoms with Crippen molar-refractivity contribution in [3.05, 3.63) is 53.6 Å². The normalized spacial score (nSPS) is 11.1. The SMILES string of the molecule is CC(C)C(=O)Nc1ccc(-c2cc3cc(Cl)ccc3[nH]2)cc1. The van der Waals surface area contributed by atoms with Crippen LogP contribution in [0.1, 0.15) is 13.8 Å². The molecule has 0 saturated carbocycles. The number of aromatic amines is 1. The van der Waals surface area contributed by atoms with Crippen molar-refractivity contribution in [1.82, 2.24) is 4.98 Å². The number of hydrogen-bond acceptors (Lipinski definition) is 1. The van der Waals surface area contributed by atoms with E-state index in [1.54, 1.807) is 0 Å². The highest BCUT2D eigenvalue weighted by Gasteiger charge is 2.08. The molecule has 4 heteroatoms. The molecule has 2 aromatic carbocycles. The smallest absolute Gasteiger partial charge is 0.226 e. The van der Waals surface area contributed by atoms with Gasteiger partial charge in [-0.1, -0.05) is 37.6 Å². The Bertz CT molecular complexity index is 819. The lowest BCUT2D eigenvalue weighted by Gasteiger charge is -2.08. The number of halogens is 1. The summed E-state index contributed by atoms with van der Waals surface area (Å²) in [6, 6.07) is 15.6. The molecule has 0 spiro atoms. The third-order valence-corrected chi connectivity index (χ3v) is 3.81. The standard InChI is InChI=1S/C18H17ClN2O/c1-11(2)18(22)20-15-6-3-12(4-7-15)17-10-13-9-14(19)5-8-16(13)21-17/h3-11,21H,1-2H3,(H,20,22). The second kappa shape index (κ2) is 5.85. The fourth-order valence-electron chi connectivity index (χ4n) is 2.28. The average molecular weight is 313 g/mol. The maximum Gasteiger partial charge on any atom is 0.226 e. The maximum absolute atomic E-state index is 11.7. The molecule has 22 heavy (non-hydrogen) atoms. The van der Waals surface area contributed by atoms with Crippen LogP contribution in [0.2, 0.25) is 5.02 Å². The number of carbonyl (C=O) groups excluding carboxylic acids is 1. The minimum Gasteiger partial charge on any atom is -0.355 e. The number of hydrogen-bond donors (Lipinski definition) is 2. The van der Waals surface area contributed by atoms with E-state index in [-0.39, 0.29) is 11.8 Å². The molecule has 0 aliphatic carbocycles. The van der Waals surface area contributed by atoms with Crippen molar-refractivity contribution < 1.29 is 4.79 Å². The molecule has 0 radical (unpaired) electrons.